The summed E-state index contributed by atoms with van der Waals surface area (Å²) in [5.74, 6) is -0.530. The quantitative estimate of drug-likeness (QED) is 0.130. The van der Waals surface area contributed by atoms with E-state index in [-0.39, 0.29) is 23.3 Å². The Kier molecular flexibility index (Phi) is 9.09. The Bertz CT molecular complexity index is 1900. The number of hydrogen-bond donors (Lipinski definition) is 2. The normalized spacial score (nSPS) is 12.9. The molecular weight excluding hydrogens is 634 g/mol. The fourth-order valence-corrected chi connectivity index (χ4v) is 6.78. The van der Waals surface area contributed by atoms with E-state index in [2.05, 4.69) is 32.6 Å². The highest BCUT2D eigenvalue weighted by Gasteiger charge is 2.23. The van der Waals surface area contributed by atoms with Gasteiger partial charge in [-0.15, -0.1) is 11.8 Å². The van der Waals surface area contributed by atoms with E-state index in [0.717, 1.165) is 51.8 Å². The Morgan fingerprint density at radius 3 is 2.45 bits per heavy atom. The molecule has 8 heteroatoms. The zero-order valence-electron chi connectivity index (χ0n) is 23.9. The van der Waals surface area contributed by atoms with Gasteiger partial charge in [0.15, 0.2) is 0 Å². The fourth-order valence-electron chi connectivity index (χ4n) is 5.56. The average Bonchev–Trinajstić information content (AvgIpc) is 3.38. The zero-order chi connectivity index (χ0) is 30.5. The average molecular weight is 665 g/mol. The van der Waals surface area contributed by atoms with Crippen LogP contribution in [0.5, 0.6) is 0 Å². The molecule has 0 fully saturated rings. The van der Waals surface area contributed by atoms with Gasteiger partial charge in [0, 0.05) is 31.7 Å². The van der Waals surface area contributed by atoms with Crippen molar-refractivity contribution in [3.05, 3.63) is 136 Å². The molecule has 0 saturated carbocycles. The first-order valence-electron chi connectivity index (χ1n) is 14.5. The molecule has 2 N–H and O–H groups in total. The van der Waals surface area contributed by atoms with Crippen LogP contribution in [0.1, 0.15) is 44.8 Å². The van der Waals surface area contributed by atoms with Crippen LogP contribution in [-0.4, -0.2) is 28.0 Å². The van der Waals surface area contributed by atoms with Crippen molar-refractivity contribution in [2.45, 2.75) is 30.6 Å². The second kappa shape index (κ2) is 13.5. The Balaban J connectivity index is 1.19. The fraction of sp³-hybridized carbons (Fsp3) is 0.139. The molecule has 1 aliphatic carbocycles. The van der Waals surface area contributed by atoms with Crippen LogP contribution in [0.3, 0.4) is 0 Å². The smallest absolute Gasteiger partial charge is 0.272 e. The standard InChI is InChI=1S/C36H30BrN3O3S/c37-26-13-8-10-24(20-26)21-31(39-35(42)25-11-2-1-3-12-25)36(43)38-27-14-9-15-28(22-27)44-23-34(41)40-32-18-6-4-16-29(32)30-17-5-7-19-33(30)40/h1-4,6,8-16,18,20-22H,5,7,17,19,23H2,(H,38,43)(H,39,42)/b31-21-. The second-order valence-corrected chi connectivity index (χ2v) is 12.5. The lowest BCUT2D eigenvalue weighted by Crippen LogP contribution is -2.30. The molecule has 0 spiro atoms. The Hall–Kier alpha value is -4.40. The first kappa shape index (κ1) is 29.7. The lowest BCUT2D eigenvalue weighted by atomic mass is 9.96. The minimum atomic E-state index is -0.460. The molecule has 1 heterocycles. The van der Waals surface area contributed by atoms with Crippen LogP contribution in [0, 0.1) is 0 Å². The third-order valence-electron chi connectivity index (χ3n) is 7.57. The molecule has 220 valence electrons. The number of aromatic nitrogens is 1. The number of aryl methyl sites for hydroxylation is 1. The maximum absolute atomic E-state index is 13.6. The molecule has 1 aromatic heterocycles. The molecule has 0 radical (unpaired) electrons. The molecule has 6 rings (SSSR count). The summed E-state index contributed by atoms with van der Waals surface area (Å²) < 4.78 is 2.77. The van der Waals surface area contributed by atoms with Crippen LogP contribution >= 0.6 is 27.7 Å². The van der Waals surface area contributed by atoms with E-state index in [4.69, 9.17) is 0 Å². The summed E-state index contributed by atoms with van der Waals surface area (Å²) in [7, 11) is 0. The van der Waals surface area contributed by atoms with E-state index in [1.54, 1.807) is 36.4 Å². The minimum absolute atomic E-state index is 0.0478. The summed E-state index contributed by atoms with van der Waals surface area (Å²) in [6.07, 6.45) is 5.81. The maximum Gasteiger partial charge on any atom is 0.272 e. The number of rotatable bonds is 8. The van der Waals surface area contributed by atoms with E-state index in [0.29, 0.717) is 11.3 Å². The first-order chi connectivity index (χ1) is 21.5. The number of hydrogen-bond acceptors (Lipinski definition) is 4. The van der Waals surface area contributed by atoms with Crippen LogP contribution < -0.4 is 10.6 Å². The predicted octanol–water partition coefficient (Wildman–Crippen LogP) is 8.12. The molecule has 2 amide bonds. The number of fused-ring (bicyclic) bond motifs is 3. The summed E-state index contributed by atoms with van der Waals surface area (Å²) in [5.41, 5.74) is 5.29. The van der Waals surface area contributed by atoms with Crippen molar-refractivity contribution < 1.29 is 14.4 Å². The van der Waals surface area contributed by atoms with E-state index in [9.17, 15) is 14.4 Å². The summed E-state index contributed by atoms with van der Waals surface area (Å²) in [6, 6.07) is 31.8. The third-order valence-corrected chi connectivity index (χ3v) is 9.04. The molecule has 0 atom stereocenters. The van der Waals surface area contributed by atoms with E-state index in [1.807, 2.05) is 71.3 Å². The first-order valence-corrected chi connectivity index (χ1v) is 16.3. The van der Waals surface area contributed by atoms with Crippen molar-refractivity contribution in [3.63, 3.8) is 0 Å². The van der Waals surface area contributed by atoms with E-state index in [1.165, 1.54) is 22.7 Å². The molecule has 1 aliphatic rings. The molecule has 0 aliphatic heterocycles. The number of anilines is 1. The van der Waals surface area contributed by atoms with Gasteiger partial charge in [-0.1, -0.05) is 70.5 Å². The van der Waals surface area contributed by atoms with E-state index < -0.39 is 5.91 Å². The Labute approximate surface area is 268 Å². The highest BCUT2D eigenvalue weighted by atomic mass is 79.9. The van der Waals surface area contributed by atoms with Gasteiger partial charge in [0.1, 0.15) is 5.70 Å². The number of nitrogens with zero attached hydrogens (tertiary/aromatic N) is 1. The van der Waals surface area contributed by atoms with Gasteiger partial charge in [-0.2, -0.15) is 0 Å². The second-order valence-electron chi connectivity index (χ2n) is 10.6. The Morgan fingerprint density at radius 2 is 1.61 bits per heavy atom. The van der Waals surface area contributed by atoms with Gasteiger partial charge < -0.3 is 10.6 Å². The monoisotopic (exact) mass is 663 g/mol. The number of amides is 2. The van der Waals surface area contributed by atoms with Gasteiger partial charge in [0.2, 0.25) is 5.91 Å². The van der Waals surface area contributed by atoms with E-state index >= 15 is 0 Å². The maximum atomic E-state index is 13.6. The SMILES string of the molecule is O=C(Nc1cccc(SCC(=O)n2c3c(c4ccccc42)CCCC3)c1)/C(=C/c1cccc(Br)c1)NC(=O)c1ccccc1. The number of nitrogens with one attached hydrogen (secondary N) is 2. The van der Waals surface area contributed by atoms with Crippen LogP contribution in [0.2, 0.25) is 0 Å². The summed E-state index contributed by atoms with van der Waals surface area (Å²) >= 11 is 4.90. The minimum Gasteiger partial charge on any atom is -0.321 e. The number of benzene rings is 4. The number of para-hydroxylation sites is 1. The van der Waals surface area contributed by atoms with Crippen LogP contribution in [0.4, 0.5) is 5.69 Å². The number of carbonyl (C=O) groups excluding carboxylic acids is 3. The number of thioether (sulfide) groups is 1. The molecule has 5 aromatic rings. The molecule has 6 nitrogen and oxygen atoms in total. The van der Waals surface area contributed by atoms with Crippen molar-refractivity contribution in [2.24, 2.45) is 0 Å². The van der Waals surface area contributed by atoms with Gasteiger partial charge in [0.25, 0.3) is 11.8 Å². The molecule has 0 unspecified atom stereocenters. The molecule has 0 bridgehead atoms. The lowest BCUT2D eigenvalue weighted by molar-refractivity contribution is -0.113. The van der Waals surface area contributed by atoms with Crippen molar-refractivity contribution in [3.8, 4) is 0 Å². The summed E-state index contributed by atoms with van der Waals surface area (Å²) in [4.78, 5) is 40.9. The van der Waals surface area contributed by atoms with Gasteiger partial charge in [-0.25, -0.2) is 0 Å². The van der Waals surface area contributed by atoms with Gasteiger partial charge in [0.05, 0.1) is 11.3 Å². The van der Waals surface area contributed by atoms with Crippen LogP contribution in [0.25, 0.3) is 17.0 Å². The Morgan fingerprint density at radius 1 is 0.841 bits per heavy atom. The highest BCUT2D eigenvalue weighted by Crippen LogP contribution is 2.33. The summed E-state index contributed by atoms with van der Waals surface area (Å²) in [6.45, 7) is 0. The molecular formula is C36H30BrN3O3S. The molecule has 0 saturated heterocycles. The van der Waals surface area contributed by atoms with Crippen molar-refractivity contribution in [1.82, 2.24) is 9.88 Å². The van der Waals surface area contributed by atoms with Crippen molar-refractivity contribution in [2.75, 3.05) is 11.1 Å². The predicted molar refractivity (Wildman–Crippen MR) is 181 cm³/mol. The lowest BCUT2D eigenvalue weighted by Gasteiger charge is -2.15. The van der Waals surface area contributed by atoms with Gasteiger partial charge in [-0.3, -0.25) is 19.0 Å². The highest BCUT2D eigenvalue weighted by molar-refractivity contribution is 9.10. The van der Waals surface area contributed by atoms with Gasteiger partial charge in [-0.05, 0) is 91.4 Å². The summed E-state index contributed by atoms with van der Waals surface area (Å²) in [5, 5.41) is 6.87. The van der Waals surface area contributed by atoms with Crippen LogP contribution in [-0.2, 0) is 17.6 Å². The third kappa shape index (κ3) is 6.72. The van der Waals surface area contributed by atoms with Crippen molar-refractivity contribution >= 4 is 68.1 Å². The zero-order valence-corrected chi connectivity index (χ0v) is 26.3. The molecule has 4 aromatic carbocycles. The molecule has 44 heavy (non-hydrogen) atoms. The number of carbonyl (C=O) groups is 3. The number of halogens is 1. The van der Waals surface area contributed by atoms with Crippen LogP contribution in [0.15, 0.2) is 118 Å². The topological polar surface area (TPSA) is 80.2 Å². The van der Waals surface area contributed by atoms with Gasteiger partial charge >= 0.3 is 0 Å². The van der Waals surface area contributed by atoms with Crippen molar-refractivity contribution in [1.29, 1.82) is 0 Å². The largest absolute Gasteiger partial charge is 0.321 e.